The summed E-state index contributed by atoms with van der Waals surface area (Å²) in [4.78, 5) is 19.0. The Labute approximate surface area is 138 Å². The summed E-state index contributed by atoms with van der Waals surface area (Å²) in [6, 6.07) is 5.40. The molecule has 0 N–H and O–H groups in total. The molecule has 8 heteroatoms. The van der Waals surface area contributed by atoms with Crippen LogP contribution in [0.2, 0.25) is 0 Å². The van der Waals surface area contributed by atoms with Crippen molar-refractivity contribution in [1.82, 2.24) is 30.0 Å². The molecule has 124 valence electrons. The van der Waals surface area contributed by atoms with Gasteiger partial charge in [0.25, 0.3) is 5.91 Å². The molecule has 1 amide bonds. The molecule has 0 spiro atoms. The van der Waals surface area contributed by atoms with Gasteiger partial charge < -0.3 is 9.42 Å². The minimum absolute atomic E-state index is 0.0344. The van der Waals surface area contributed by atoms with E-state index in [9.17, 15) is 4.79 Å². The number of amides is 1. The van der Waals surface area contributed by atoms with E-state index in [1.807, 2.05) is 28.6 Å². The Morgan fingerprint density at radius 3 is 3.04 bits per heavy atom. The lowest BCUT2D eigenvalue weighted by atomic mass is 10.1. The van der Waals surface area contributed by atoms with E-state index in [2.05, 4.69) is 20.5 Å². The molecule has 1 aromatic carbocycles. The minimum Gasteiger partial charge on any atom is -0.340 e. The SMILES string of the molecule is CCn1nnc2cc(C(=O)N3CCC[C@H]3c3noc(C)n3)ccc21. The Morgan fingerprint density at radius 2 is 2.29 bits per heavy atom. The molecule has 0 saturated carbocycles. The number of carbonyl (C=O) groups excluding carboxylic acids is 1. The molecule has 3 heterocycles. The van der Waals surface area contributed by atoms with Gasteiger partial charge in [0.2, 0.25) is 5.89 Å². The zero-order valence-corrected chi connectivity index (χ0v) is 13.6. The van der Waals surface area contributed by atoms with Crippen LogP contribution in [0.3, 0.4) is 0 Å². The average Bonchev–Trinajstić information content (AvgIpc) is 3.31. The lowest BCUT2D eigenvalue weighted by Gasteiger charge is -2.22. The van der Waals surface area contributed by atoms with Gasteiger partial charge in [-0.05, 0) is 38.0 Å². The third-order valence-corrected chi connectivity index (χ3v) is 4.42. The van der Waals surface area contributed by atoms with E-state index >= 15 is 0 Å². The molecule has 1 atom stereocenters. The second kappa shape index (κ2) is 5.70. The topological polar surface area (TPSA) is 89.9 Å². The second-order valence-corrected chi connectivity index (χ2v) is 5.94. The normalized spacial score (nSPS) is 17.8. The van der Waals surface area contributed by atoms with Crippen molar-refractivity contribution in [2.75, 3.05) is 6.54 Å². The molecule has 2 aromatic heterocycles. The molecular formula is C16H18N6O2. The third-order valence-electron chi connectivity index (χ3n) is 4.42. The highest BCUT2D eigenvalue weighted by molar-refractivity contribution is 5.97. The summed E-state index contributed by atoms with van der Waals surface area (Å²) in [5, 5.41) is 12.2. The fraction of sp³-hybridized carbons (Fsp3) is 0.438. The average molecular weight is 326 g/mol. The summed E-state index contributed by atoms with van der Waals surface area (Å²) in [5.41, 5.74) is 2.27. The summed E-state index contributed by atoms with van der Waals surface area (Å²) in [6.07, 6.45) is 1.78. The smallest absolute Gasteiger partial charge is 0.254 e. The number of carbonyl (C=O) groups is 1. The van der Waals surface area contributed by atoms with E-state index in [1.165, 1.54) is 0 Å². The first-order valence-electron chi connectivity index (χ1n) is 8.12. The molecule has 1 aliphatic rings. The highest BCUT2D eigenvalue weighted by atomic mass is 16.5. The number of hydrogen-bond acceptors (Lipinski definition) is 6. The monoisotopic (exact) mass is 326 g/mol. The quantitative estimate of drug-likeness (QED) is 0.732. The largest absolute Gasteiger partial charge is 0.340 e. The van der Waals surface area contributed by atoms with Crippen LogP contribution < -0.4 is 0 Å². The predicted octanol–water partition coefficient (Wildman–Crippen LogP) is 2.12. The van der Waals surface area contributed by atoms with Crippen LogP contribution >= 0.6 is 0 Å². The first kappa shape index (κ1) is 14.8. The summed E-state index contributed by atoms with van der Waals surface area (Å²) in [5.74, 6) is 1.06. The third kappa shape index (κ3) is 2.34. The molecule has 0 aliphatic carbocycles. The molecule has 1 fully saturated rings. The van der Waals surface area contributed by atoms with E-state index in [4.69, 9.17) is 4.52 Å². The summed E-state index contributed by atoms with van der Waals surface area (Å²) in [7, 11) is 0. The standard InChI is InChI=1S/C16H18N6O2/c1-3-22-13-7-6-11(9-12(13)18-20-22)16(23)21-8-4-5-14(21)15-17-10(2)24-19-15/h6-7,9,14H,3-5,8H2,1-2H3/t14-/m0/s1. The van der Waals surface area contributed by atoms with Crippen LogP contribution in [0.1, 0.15) is 47.9 Å². The molecule has 4 rings (SSSR count). The Bertz CT molecular complexity index is 899. The van der Waals surface area contributed by atoms with Gasteiger partial charge in [0.1, 0.15) is 5.52 Å². The highest BCUT2D eigenvalue weighted by Crippen LogP contribution is 2.31. The van der Waals surface area contributed by atoms with Crippen molar-refractivity contribution in [3.05, 3.63) is 35.5 Å². The Kier molecular flexibility index (Phi) is 3.51. The van der Waals surface area contributed by atoms with Gasteiger partial charge in [0.15, 0.2) is 5.82 Å². The number of aryl methyl sites for hydroxylation is 2. The fourth-order valence-corrected chi connectivity index (χ4v) is 3.23. The van der Waals surface area contributed by atoms with Crippen molar-refractivity contribution in [3.63, 3.8) is 0 Å². The second-order valence-electron chi connectivity index (χ2n) is 5.94. The molecule has 3 aromatic rings. The van der Waals surface area contributed by atoms with Crippen LogP contribution in [0.25, 0.3) is 11.0 Å². The van der Waals surface area contributed by atoms with Crippen molar-refractivity contribution in [2.24, 2.45) is 0 Å². The number of rotatable bonds is 3. The fourth-order valence-electron chi connectivity index (χ4n) is 3.23. The molecule has 0 unspecified atom stereocenters. The maximum atomic E-state index is 12.9. The maximum absolute atomic E-state index is 12.9. The Morgan fingerprint density at radius 1 is 1.42 bits per heavy atom. The summed E-state index contributed by atoms with van der Waals surface area (Å²) < 4.78 is 6.87. The van der Waals surface area contributed by atoms with Gasteiger partial charge in [0.05, 0.1) is 11.6 Å². The van der Waals surface area contributed by atoms with Gasteiger partial charge in [-0.1, -0.05) is 10.4 Å². The van der Waals surface area contributed by atoms with Crippen LogP contribution in [0, 0.1) is 6.92 Å². The molecule has 1 aliphatic heterocycles. The van der Waals surface area contributed by atoms with Gasteiger partial charge in [-0.2, -0.15) is 4.98 Å². The van der Waals surface area contributed by atoms with E-state index < -0.39 is 0 Å². The number of benzene rings is 1. The van der Waals surface area contributed by atoms with Gasteiger partial charge >= 0.3 is 0 Å². The molecule has 1 saturated heterocycles. The van der Waals surface area contributed by atoms with Crippen molar-refractivity contribution in [3.8, 4) is 0 Å². The van der Waals surface area contributed by atoms with Crippen LogP contribution in [0.5, 0.6) is 0 Å². The minimum atomic E-state index is -0.128. The van der Waals surface area contributed by atoms with Crippen molar-refractivity contribution >= 4 is 16.9 Å². The number of nitrogens with zero attached hydrogens (tertiary/aromatic N) is 6. The van der Waals surface area contributed by atoms with Gasteiger partial charge in [0, 0.05) is 25.6 Å². The summed E-state index contributed by atoms with van der Waals surface area (Å²) in [6.45, 7) is 5.20. The van der Waals surface area contributed by atoms with E-state index in [-0.39, 0.29) is 11.9 Å². The van der Waals surface area contributed by atoms with Crippen LogP contribution in [-0.2, 0) is 6.54 Å². The van der Waals surface area contributed by atoms with E-state index in [1.54, 1.807) is 13.0 Å². The molecule has 8 nitrogen and oxygen atoms in total. The number of likely N-dealkylation sites (tertiary alicyclic amines) is 1. The molecule has 0 bridgehead atoms. The van der Waals surface area contributed by atoms with Gasteiger partial charge in [-0.25, -0.2) is 4.68 Å². The van der Waals surface area contributed by atoms with E-state index in [0.29, 0.717) is 23.8 Å². The lowest BCUT2D eigenvalue weighted by Crippen LogP contribution is -2.31. The van der Waals surface area contributed by atoms with Crippen molar-refractivity contribution in [2.45, 2.75) is 39.3 Å². The number of fused-ring (bicyclic) bond motifs is 1. The van der Waals surface area contributed by atoms with Gasteiger partial charge in [-0.3, -0.25) is 4.79 Å². The zero-order chi connectivity index (χ0) is 16.7. The van der Waals surface area contributed by atoms with Gasteiger partial charge in [-0.15, -0.1) is 5.10 Å². The first-order chi connectivity index (χ1) is 11.7. The maximum Gasteiger partial charge on any atom is 0.254 e. The summed E-state index contributed by atoms with van der Waals surface area (Å²) >= 11 is 0. The lowest BCUT2D eigenvalue weighted by molar-refractivity contribution is 0.0728. The number of hydrogen-bond donors (Lipinski definition) is 0. The Balaban J connectivity index is 1.65. The highest BCUT2D eigenvalue weighted by Gasteiger charge is 2.33. The van der Waals surface area contributed by atoms with Crippen LogP contribution in [-0.4, -0.2) is 42.5 Å². The Hall–Kier alpha value is -2.77. The molecular weight excluding hydrogens is 308 g/mol. The molecule has 0 radical (unpaired) electrons. The number of aromatic nitrogens is 5. The van der Waals surface area contributed by atoms with Crippen molar-refractivity contribution < 1.29 is 9.32 Å². The first-order valence-corrected chi connectivity index (χ1v) is 8.12. The zero-order valence-electron chi connectivity index (χ0n) is 13.6. The molecule has 24 heavy (non-hydrogen) atoms. The predicted molar refractivity (Wildman–Crippen MR) is 85.2 cm³/mol. The van der Waals surface area contributed by atoms with Crippen LogP contribution in [0.4, 0.5) is 0 Å². The van der Waals surface area contributed by atoms with Crippen molar-refractivity contribution in [1.29, 1.82) is 0 Å². The van der Waals surface area contributed by atoms with E-state index in [0.717, 1.165) is 30.4 Å². The van der Waals surface area contributed by atoms with Crippen LogP contribution in [0.15, 0.2) is 22.7 Å².